The smallest absolute Gasteiger partial charge is 0.184 e. The van der Waals surface area contributed by atoms with Gasteiger partial charge in [0.25, 0.3) is 0 Å². The lowest BCUT2D eigenvalue weighted by molar-refractivity contribution is -0.294. The van der Waals surface area contributed by atoms with Crippen molar-refractivity contribution >= 4 is 0 Å². The molecule has 0 radical (unpaired) electrons. The van der Waals surface area contributed by atoms with Gasteiger partial charge in [0.1, 0.15) is 12.2 Å². The van der Waals surface area contributed by atoms with Crippen molar-refractivity contribution in [3.63, 3.8) is 0 Å². The first-order chi connectivity index (χ1) is 9.49. The van der Waals surface area contributed by atoms with Crippen LogP contribution in [0.1, 0.15) is 6.42 Å². The van der Waals surface area contributed by atoms with Crippen molar-refractivity contribution in [3.05, 3.63) is 0 Å². The molecule has 0 aromatic rings. The van der Waals surface area contributed by atoms with Gasteiger partial charge in [-0.05, 0) is 6.42 Å². The van der Waals surface area contributed by atoms with Crippen molar-refractivity contribution in [1.29, 1.82) is 0 Å². The summed E-state index contributed by atoms with van der Waals surface area (Å²) in [4.78, 5) is 0. The lowest BCUT2D eigenvalue weighted by Crippen LogP contribution is -2.61. The number of methoxy groups -OCH3 is 1. The normalized spacial score (nSPS) is 47.4. The van der Waals surface area contributed by atoms with Gasteiger partial charge in [0, 0.05) is 25.6 Å². The van der Waals surface area contributed by atoms with Gasteiger partial charge in [-0.2, -0.15) is 0 Å². The quantitative estimate of drug-likeness (QED) is 0.319. The molecule has 2 aliphatic heterocycles. The standard InChI is InChI=1S/C12H23NO7/c1-19-12-11(18)8(10(17)7(4-14)20-12)9(16)6-2-5(15)3-13-6/h5-18H,2-4H2,1H3/t5-,6+,7-,8+,9+,10-,11-,12?/m1/s1. The van der Waals surface area contributed by atoms with Crippen LogP contribution < -0.4 is 5.32 Å². The van der Waals surface area contributed by atoms with Crippen LogP contribution in [0.2, 0.25) is 0 Å². The second kappa shape index (κ2) is 6.63. The number of β-amino-alcohol motifs (C(OH)–C–C–N with tert-alkyl or cyclic N) is 1. The Labute approximate surface area is 116 Å². The Bertz CT molecular complexity index is 302. The van der Waals surface area contributed by atoms with Gasteiger partial charge < -0.3 is 40.3 Å². The molecule has 2 rings (SSSR count). The molecule has 0 aromatic heterocycles. The van der Waals surface area contributed by atoms with E-state index in [0.717, 1.165) is 0 Å². The van der Waals surface area contributed by atoms with Gasteiger partial charge in [0.15, 0.2) is 6.29 Å². The van der Waals surface area contributed by atoms with Gasteiger partial charge in [-0.15, -0.1) is 0 Å². The Kier molecular flexibility index (Phi) is 5.32. The summed E-state index contributed by atoms with van der Waals surface area (Å²) in [6.07, 6.45) is -5.73. The minimum absolute atomic E-state index is 0.333. The zero-order valence-electron chi connectivity index (χ0n) is 11.3. The summed E-state index contributed by atoms with van der Waals surface area (Å²) in [6, 6.07) is -0.436. The largest absolute Gasteiger partial charge is 0.394 e. The molecule has 6 N–H and O–H groups in total. The van der Waals surface area contributed by atoms with E-state index in [0.29, 0.717) is 13.0 Å². The molecule has 0 amide bonds. The molecule has 2 fully saturated rings. The molecule has 8 heteroatoms. The summed E-state index contributed by atoms with van der Waals surface area (Å²) in [5, 5.41) is 52.3. The van der Waals surface area contributed by atoms with Crippen molar-refractivity contribution in [3.8, 4) is 0 Å². The highest BCUT2D eigenvalue weighted by Crippen LogP contribution is 2.31. The van der Waals surface area contributed by atoms with Gasteiger partial charge in [0.05, 0.1) is 24.9 Å². The maximum absolute atomic E-state index is 10.4. The summed E-state index contributed by atoms with van der Waals surface area (Å²) in [5.74, 6) is -0.936. The van der Waals surface area contributed by atoms with E-state index in [2.05, 4.69) is 5.32 Å². The summed E-state index contributed by atoms with van der Waals surface area (Å²) in [6.45, 7) is -0.0913. The molecule has 0 bridgehead atoms. The molecule has 0 aromatic carbocycles. The molecule has 2 saturated heterocycles. The average Bonchev–Trinajstić information content (AvgIpc) is 2.86. The molecule has 0 saturated carbocycles. The summed E-state index contributed by atoms with van der Waals surface area (Å²) in [5.41, 5.74) is 0. The Morgan fingerprint density at radius 2 is 2.00 bits per heavy atom. The van der Waals surface area contributed by atoms with Crippen LogP contribution in [0.5, 0.6) is 0 Å². The van der Waals surface area contributed by atoms with Crippen LogP contribution in [0.3, 0.4) is 0 Å². The number of aliphatic hydroxyl groups is 5. The van der Waals surface area contributed by atoms with Gasteiger partial charge >= 0.3 is 0 Å². The number of hydrogen-bond donors (Lipinski definition) is 6. The molecule has 118 valence electrons. The van der Waals surface area contributed by atoms with Crippen molar-refractivity contribution in [2.24, 2.45) is 5.92 Å². The monoisotopic (exact) mass is 293 g/mol. The SMILES string of the molecule is COC1O[C@H](CO)[C@@H](O)[C@H]([C@@H](O)[C@@H]2C[C@@H](O)CN2)[C@H]1O. The van der Waals surface area contributed by atoms with Gasteiger partial charge in [-0.3, -0.25) is 0 Å². The second-order valence-electron chi connectivity index (χ2n) is 5.41. The molecule has 8 nitrogen and oxygen atoms in total. The number of ether oxygens (including phenoxy) is 2. The first-order valence-corrected chi connectivity index (χ1v) is 6.74. The minimum Gasteiger partial charge on any atom is -0.394 e. The van der Waals surface area contributed by atoms with E-state index in [1.165, 1.54) is 7.11 Å². The van der Waals surface area contributed by atoms with Crippen molar-refractivity contribution in [2.75, 3.05) is 20.3 Å². The summed E-state index contributed by atoms with van der Waals surface area (Å²) in [7, 11) is 1.33. The number of hydrogen-bond acceptors (Lipinski definition) is 8. The molecule has 8 atom stereocenters. The third kappa shape index (κ3) is 2.97. The summed E-state index contributed by atoms with van der Waals surface area (Å²) >= 11 is 0. The first kappa shape index (κ1) is 16.1. The Morgan fingerprint density at radius 1 is 1.30 bits per heavy atom. The van der Waals surface area contributed by atoms with Gasteiger partial charge in [0.2, 0.25) is 0 Å². The zero-order valence-corrected chi connectivity index (χ0v) is 11.3. The Morgan fingerprint density at radius 3 is 2.50 bits per heavy atom. The fourth-order valence-corrected chi connectivity index (χ4v) is 2.99. The highest BCUT2D eigenvalue weighted by Gasteiger charge is 2.50. The number of rotatable bonds is 4. The third-order valence-electron chi connectivity index (χ3n) is 4.12. The Hall–Kier alpha value is -0.320. The van der Waals surface area contributed by atoms with Crippen LogP contribution in [-0.4, -0.2) is 88.6 Å². The van der Waals surface area contributed by atoms with Gasteiger partial charge in [-0.25, -0.2) is 0 Å². The fourth-order valence-electron chi connectivity index (χ4n) is 2.99. The van der Waals surface area contributed by atoms with Gasteiger partial charge in [-0.1, -0.05) is 0 Å². The summed E-state index contributed by atoms with van der Waals surface area (Å²) < 4.78 is 10.2. The lowest BCUT2D eigenvalue weighted by Gasteiger charge is -2.44. The van der Waals surface area contributed by atoms with Crippen molar-refractivity contribution in [1.82, 2.24) is 5.32 Å². The van der Waals surface area contributed by atoms with E-state index in [4.69, 9.17) is 9.47 Å². The molecular weight excluding hydrogens is 270 g/mol. The maximum atomic E-state index is 10.4. The first-order valence-electron chi connectivity index (χ1n) is 6.74. The Balaban J connectivity index is 2.12. The second-order valence-corrected chi connectivity index (χ2v) is 5.41. The molecule has 2 heterocycles. The highest BCUT2D eigenvalue weighted by atomic mass is 16.7. The van der Waals surface area contributed by atoms with E-state index in [9.17, 15) is 25.5 Å². The topological polar surface area (TPSA) is 132 Å². The molecule has 0 aliphatic carbocycles. The maximum Gasteiger partial charge on any atom is 0.184 e. The van der Waals surface area contributed by atoms with Crippen LogP contribution in [0.15, 0.2) is 0 Å². The van der Waals surface area contributed by atoms with E-state index in [1.807, 2.05) is 0 Å². The van der Waals surface area contributed by atoms with E-state index >= 15 is 0 Å². The number of aliphatic hydroxyl groups excluding tert-OH is 5. The van der Waals surface area contributed by atoms with E-state index < -0.39 is 55.4 Å². The zero-order chi connectivity index (χ0) is 14.9. The highest BCUT2D eigenvalue weighted by molar-refractivity contribution is 4.98. The van der Waals surface area contributed by atoms with Crippen LogP contribution in [0.4, 0.5) is 0 Å². The molecule has 20 heavy (non-hydrogen) atoms. The van der Waals surface area contributed by atoms with Crippen LogP contribution in [0.25, 0.3) is 0 Å². The van der Waals surface area contributed by atoms with Crippen molar-refractivity contribution in [2.45, 2.75) is 49.3 Å². The number of nitrogens with one attached hydrogen (secondary N) is 1. The average molecular weight is 293 g/mol. The molecule has 0 spiro atoms. The van der Waals surface area contributed by atoms with Crippen LogP contribution in [0, 0.1) is 5.92 Å². The van der Waals surface area contributed by atoms with Crippen LogP contribution >= 0.6 is 0 Å². The predicted octanol–water partition coefficient (Wildman–Crippen LogP) is -3.23. The van der Waals surface area contributed by atoms with Crippen molar-refractivity contribution < 1.29 is 35.0 Å². The minimum atomic E-state index is -1.23. The fraction of sp³-hybridized carbons (Fsp3) is 1.00. The predicted molar refractivity (Wildman–Crippen MR) is 66.7 cm³/mol. The third-order valence-corrected chi connectivity index (χ3v) is 4.12. The van der Waals surface area contributed by atoms with Crippen LogP contribution in [-0.2, 0) is 9.47 Å². The van der Waals surface area contributed by atoms with E-state index in [-0.39, 0.29) is 0 Å². The molecule has 1 unspecified atom stereocenters. The molecule has 2 aliphatic rings. The van der Waals surface area contributed by atoms with E-state index in [1.54, 1.807) is 0 Å². The molecular formula is C12H23NO7. The lowest BCUT2D eigenvalue weighted by atomic mass is 9.81.